The van der Waals surface area contributed by atoms with Gasteiger partial charge in [-0.05, 0) is 74.6 Å². The zero-order valence-electron chi connectivity index (χ0n) is 43.1. The van der Waals surface area contributed by atoms with Gasteiger partial charge < -0.3 is 4.42 Å². The van der Waals surface area contributed by atoms with Gasteiger partial charge in [-0.15, -0.1) is 11.3 Å². The Hall–Kier alpha value is -7.47. The SMILES string of the molecule is [2H]c1cc2c(oc3c(-c4ccc5sc6c7ccccc7ccc6c5c4)cc([2H])c(-c4nc(-c5ccc6ccccc6c5)nc(-c5c([2H])c([2H])c(-c6c([2H])c([2H])c([2H])c([2H])c6[2H])c([2H])c5[2H])n4)c32)c([2H])c1[2H]. The lowest BCUT2D eigenvalue weighted by molar-refractivity contribution is 0.670. The Bertz CT molecular complexity index is 4300. The average molecular weight is 771 g/mol. The minimum atomic E-state index is -0.706. The molecule has 0 N–H and O–H groups in total. The van der Waals surface area contributed by atoms with Crippen LogP contribution in [0.1, 0.15) is 17.8 Å². The van der Waals surface area contributed by atoms with Gasteiger partial charge in [-0.25, -0.2) is 15.0 Å². The number of rotatable bonds is 5. The minimum Gasteiger partial charge on any atom is -0.455 e. The van der Waals surface area contributed by atoms with Crippen molar-refractivity contribution in [3.8, 4) is 56.4 Å². The van der Waals surface area contributed by atoms with E-state index in [1.807, 2.05) is 66.7 Å². The molecule has 0 amide bonds. The molecule has 0 radical (unpaired) electrons. The summed E-state index contributed by atoms with van der Waals surface area (Å²) in [6.45, 7) is 0. The Kier molecular flexibility index (Phi) is 5.02. The topological polar surface area (TPSA) is 51.8 Å². The number of aromatic nitrogens is 3. The van der Waals surface area contributed by atoms with E-state index in [0.717, 1.165) is 41.7 Å². The van der Waals surface area contributed by atoms with Crippen LogP contribution in [-0.4, -0.2) is 15.0 Å². The summed E-state index contributed by atoms with van der Waals surface area (Å²) in [6, 6.07) is 27.1. The molecule has 5 heteroatoms. The van der Waals surface area contributed by atoms with Crippen LogP contribution in [0.25, 0.3) is 120 Å². The van der Waals surface area contributed by atoms with Crippen molar-refractivity contribution >= 4 is 75.0 Å². The van der Waals surface area contributed by atoms with Gasteiger partial charge in [0.05, 0.1) is 17.8 Å². The van der Waals surface area contributed by atoms with Crippen molar-refractivity contribution in [3.63, 3.8) is 0 Å². The van der Waals surface area contributed by atoms with Crippen LogP contribution in [-0.2, 0) is 0 Å². The summed E-state index contributed by atoms with van der Waals surface area (Å²) in [5.74, 6) is -0.441. The van der Waals surface area contributed by atoms with Crippen molar-refractivity contribution in [2.45, 2.75) is 0 Å². The second kappa shape index (κ2) is 13.1. The molecule has 0 saturated heterocycles. The number of furan rings is 1. The second-order valence-corrected chi connectivity index (χ2v) is 14.8. The first kappa shape index (κ1) is 22.3. The lowest BCUT2D eigenvalue weighted by Gasteiger charge is -2.12. The van der Waals surface area contributed by atoms with Crippen molar-refractivity contribution in [1.82, 2.24) is 15.0 Å². The largest absolute Gasteiger partial charge is 0.455 e. The highest BCUT2D eigenvalue weighted by Crippen LogP contribution is 2.44. The second-order valence-electron chi connectivity index (χ2n) is 13.8. The normalized spacial score (nSPS) is 14.9. The fourth-order valence-corrected chi connectivity index (χ4v) is 8.86. The molecular formula is C53H31N3OS. The molecule has 0 bridgehead atoms. The summed E-state index contributed by atoms with van der Waals surface area (Å²) < 4.78 is 124. The van der Waals surface area contributed by atoms with Gasteiger partial charge in [0.2, 0.25) is 0 Å². The van der Waals surface area contributed by atoms with E-state index < -0.39 is 65.5 Å². The number of hydrogen-bond acceptors (Lipinski definition) is 5. The average Bonchev–Trinajstić information content (AvgIpc) is 3.95. The number of nitrogens with zero attached hydrogens (tertiary/aromatic N) is 3. The molecule has 12 aromatic rings. The van der Waals surface area contributed by atoms with Crippen molar-refractivity contribution in [3.05, 3.63) is 188 Å². The predicted molar refractivity (Wildman–Crippen MR) is 242 cm³/mol. The summed E-state index contributed by atoms with van der Waals surface area (Å²) in [5.41, 5.74) is 0.538. The van der Waals surface area contributed by atoms with Gasteiger partial charge in [0.1, 0.15) is 11.2 Å². The van der Waals surface area contributed by atoms with Crippen LogP contribution in [0.3, 0.4) is 0 Å². The summed E-state index contributed by atoms with van der Waals surface area (Å²) in [4.78, 5) is 14.5. The van der Waals surface area contributed by atoms with Crippen molar-refractivity contribution in [2.75, 3.05) is 0 Å². The molecular weight excluding hydrogens is 727 g/mol. The molecule has 0 spiro atoms. The third kappa shape index (κ3) is 5.32. The van der Waals surface area contributed by atoms with Crippen LogP contribution in [0.2, 0.25) is 0 Å². The van der Waals surface area contributed by atoms with E-state index >= 15 is 0 Å². The third-order valence-corrected chi connectivity index (χ3v) is 11.6. The molecule has 0 fully saturated rings. The van der Waals surface area contributed by atoms with E-state index in [4.69, 9.17) is 30.3 Å². The Morgan fingerprint density at radius 2 is 1.14 bits per heavy atom. The van der Waals surface area contributed by atoms with Gasteiger partial charge in [-0.2, -0.15) is 0 Å². The molecule has 12 rings (SSSR count). The third-order valence-electron chi connectivity index (χ3n) is 10.4. The highest BCUT2D eigenvalue weighted by atomic mass is 32.1. The van der Waals surface area contributed by atoms with Crippen LogP contribution >= 0.6 is 11.3 Å². The van der Waals surface area contributed by atoms with Gasteiger partial charge >= 0.3 is 0 Å². The van der Waals surface area contributed by atoms with E-state index in [1.54, 1.807) is 23.5 Å². The first-order chi connectivity index (χ1) is 34.1. The zero-order valence-corrected chi connectivity index (χ0v) is 30.9. The van der Waals surface area contributed by atoms with Crippen LogP contribution < -0.4 is 0 Å². The van der Waals surface area contributed by atoms with Crippen molar-refractivity contribution < 1.29 is 22.2 Å². The monoisotopic (exact) mass is 770 g/mol. The summed E-state index contributed by atoms with van der Waals surface area (Å²) >= 11 is 1.68. The Morgan fingerprint density at radius 3 is 2.02 bits per heavy atom. The molecule has 0 atom stereocenters. The minimum absolute atomic E-state index is 0.00511. The number of thiophene rings is 1. The molecule has 9 aromatic carbocycles. The number of hydrogen-bond donors (Lipinski definition) is 0. The summed E-state index contributed by atoms with van der Waals surface area (Å²) in [5, 5.41) is 6.52. The van der Waals surface area contributed by atoms with Crippen LogP contribution in [0.4, 0.5) is 0 Å². The van der Waals surface area contributed by atoms with E-state index in [9.17, 15) is 6.85 Å². The standard InChI is InChI=1S/C53H31N3OS/c1-2-10-32(11-3-1)34-18-21-36(22-19-34)51-54-52(39-23-20-33-12-4-5-14-37(33)30-39)56-53(55-51)44-28-27-40(49-48(44)43-16-8-9-17-46(43)57-49)38-25-29-47-45(31-38)42-26-24-35-13-6-7-15-41(35)50(42)58-47/h1-31H/i1D,2D,3D,8D,9D,10D,11D,17D,18D,19D,21D,22D,28D. The molecule has 3 aromatic heterocycles. The van der Waals surface area contributed by atoms with E-state index in [2.05, 4.69) is 24.3 Å². The Morgan fingerprint density at radius 1 is 0.431 bits per heavy atom. The van der Waals surface area contributed by atoms with E-state index in [-0.39, 0.29) is 74.7 Å². The number of fused-ring (bicyclic) bond motifs is 9. The van der Waals surface area contributed by atoms with Crippen LogP contribution in [0.15, 0.2) is 192 Å². The number of para-hydroxylation sites is 1. The molecule has 0 unspecified atom stereocenters. The van der Waals surface area contributed by atoms with E-state index in [0.29, 0.717) is 16.7 Å². The molecule has 3 heterocycles. The summed E-state index contributed by atoms with van der Waals surface area (Å²) in [7, 11) is 0. The van der Waals surface area contributed by atoms with Gasteiger partial charge in [-0.3, -0.25) is 0 Å². The van der Waals surface area contributed by atoms with Gasteiger partial charge in [0, 0.05) is 53.2 Å². The summed E-state index contributed by atoms with van der Waals surface area (Å²) in [6.07, 6.45) is 0. The Balaban J connectivity index is 1.14. The van der Waals surface area contributed by atoms with Gasteiger partial charge in [-0.1, -0.05) is 151 Å². The fraction of sp³-hybridized carbons (Fsp3) is 0. The zero-order chi connectivity index (χ0) is 49.5. The molecule has 270 valence electrons. The maximum Gasteiger partial charge on any atom is 0.164 e. The first-order valence-corrected chi connectivity index (χ1v) is 19.2. The quantitative estimate of drug-likeness (QED) is 0.175. The molecule has 0 aliphatic rings. The van der Waals surface area contributed by atoms with Crippen molar-refractivity contribution in [1.29, 1.82) is 0 Å². The smallest absolute Gasteiger partial charge is 0.164 e. The lowest BCUT2D eigenvalue weighted by atomic mass is 9.96. The van der Waals surface area contributed by atoms with Crippen molar-refractivity contribution in [2.24, 2.45) is 0 Å². The molecule has 0 aliphatic carbocycles. The maximum atomic E-state index is 9.84. The molecule has 58 heavy (non-hydrogen) atoms. The first-order valence-electron chi connectivity index (χ1n) is 24.9. The molecule has 4 nitrogen and oxygen atoms in total. The van der Waals surface area contributed by atoms with Crippen LogP contribution in [0.5, 0.6) is 0 Å². The predicted octanol–water partition coefficient (Wildman–Crippen LogP) is 14.8. The Labute approximate surface area is 355 Å². The molecule has 0 saturated carbocycles. The highest BCUT2D eigenvalue weighted by molar-refractivity contribution is 7.26. The van der Waals surface area contributed by atoms with E-state index in [1.165, 1.54) is 6.07 Å². The lowest BCUT2D eigenvalue weighted by Crippen LogP contribution is -2.00. The van der Waals surface area contributed by atoms with Gasteiger partial charge in [0.15, 0.2) is 17.5 Å². The fourth-order valence-electron chi connectivity index (χ4n) is 7.64. The van der Waals surface area contributed by atoms with Gasteiger partial charge in [0.25, 0.3) is 0 Å². The highest BCUT2D eigenvalue weighted by Gasteiger charge is 2.21. The molecule has 0 aliphatic heterocycles. The maximum absolute atomic E-state index is 9.84. The number of benzene rings is 9. The van der Waals surface area contributed by atoms with Crippen LogP contribution in [0, 0.1) is 0 Å².